The van der Waals surface area contributed by atoms with Crippen molar-refractivity contribution in [2.24, 2.45) is 0 Å². The highest BCUT2D eigenvalue weighted by molar-refractivity contribution is 8.76. The Labute approximate surface area is 194 Å². The van der Waals surface area contributed by atoms with E-state index < -0.39 is 0 Å². The van der Waals surface area contributed by atoms with E-state index in [0.717, 1.165) is 19.6 Å². The summed E-state index contributed by atoms with van der Waals surface area (Å²) in [5.41, 5.74) is 0.967. The molecule has 1 aromatic rings. The normalized spacial score (nSPS) is 12.0. The summed E-state index contributed by atoms with van der Waals surface area (Å²) in [7, 11) is 5.28. The standard InChI is InChI=1S/C21H38N2O6S2/c1-21(2,31-30-4)17-23(5-7-27-11-12-28-10-9-26-3)6-8-29-20-13-18(15-24)22-19(14-20)16-25/h13-14,24-25H,5-12,15-17H2,1-4H3. The van der Waals surface area contributed by atoms with Crippen LogP contribution >= 0.6 is 21.6 Å². The van der Waals surface area contributed by atoms with Gasteiger partial charge < -0.3 is 29.2 Å². The lowest BCUT2D eigenvalue weighted by atomic mass is 10.2. The molecule has 0 aliphatic heterocycles. The maximum Gasteiger partial charge on any atom is 0.123 e. The fourth-order valence-corrected chi connectivity index (χ4v) is 5.07. The molecule has 0 saturated heterocycles. The van der Waals surface area contributed by atoms with Gasteiger partial charge in [-0.05, 0) is 20.1 Å². The van der Waals surface area contributed by atoms with Gasteiger partial charge in [0.1, 0.15) is 12.4 Å². The minimum Gasteiger partial charge on any atom is -0.492 e. The predicted octanol–water partition coefficient (Wildman–Crippen LogP) is 2.22. The van der Waals surface area contributed by atoms with Crippen molar-refractivity contribution < 1.29 is 29.2 Å². The first-order valence-electron chi connectivity index (χ1n) is 10.4. The smallest absolute Gasteiger partial charge is 0.123 e. The Hall–Kier alpha value is -0.590. The van der Waals surface area contributed by atoms with Gasteiger partial charge in [-0.3, -0.25) is 9.88 Å². The molecule has 0 unspecified atom stereocenters. The lowest BCUT2D eigenvalue weighted by Crippen LogP contribution is -2.40. The molecule has 0 saturated carbocycles. The van der Waals surface area contributed by atoms with Gasteiger partial charge in [0.2, 0.25) is 0 Å². The lowest BCUT2D eigenvalue weighted by molar-refractivity contribution is 0.0184. The fraction of sp³-hybridized carbons (Fsp3) is 0.762. The van der Waals surface area contributed by atoms with E-state index in [4.69, 9.17) is 18.9 Å². The van der Waals surface area contributed by atoms with Gasteiger partial charge in [0.05, 0.1) is 57.6 Å². The van der Waals surface area contributed by atoms with Gasteiger partial charge in [0, 0.05) is 43.6 Å². The molecule has 8 nitrogen and oxygen atoms in total. The number of hydrogen-bond donors (Lipinski definition) is 2. The summed E-state index contributed by atoms with van der Waals surface area (Å²) in [6.45, 7) is 9.89. The Bertz CT molecular complexity index is 573. The monoisotopic (exact) mass is 478 g/mol. The molecule has 0 aromatic carbocycles. The first kappa shape index (κ1) is 28.4. The molecule has 0 spiro atoms. The van der Waals surface area contributed by atoms with Crippen LogP contribution in [-0.4, -0.2) is 97.5 Å². The van der Waals surface area contributed by atoms with Crippen LogP contribution in [0.1, 0.15) is 25.2 Å². The third-order valence-electron chi connectivity index (χ3n) is 4.17. The van der Waals surface area contributed by atoms with E-state index >= 15 is 0 Å². The molecule has 0 aliphatic carbocycles. The van der Waals surface area contributed by atoms with E-state index in [1.54, 1.807) is 30.0 Å². The number of rotatable bonds is 19. The summed E-state index contributed by atoms with van der Waals surface area (Å²) >= 11 is 0. The number of ether oxygens (including phenoxy) is 4. The maximum atomic E-state index is 9.33. The number of nitrogens with zero attached hydrogens (tertiary/aromatic N) is 2. The van der Waals surface area contributed by atoms with Crippen LogP contribution in [0.3, 0.4) is 0 Å². The van der Waals surface area contributed by atoms with Crippen molar-refractivity contribution in [3.05, 3.63) is 23.5 Å². The van der Waals surface area contributed by atoms with Crippen LogP contribution in [0.15, 0.2) is 12.1 Å². The quantitative estimate of drug-likeness (QED) is 0.228. The van der Waals surface area contributed by atoms with Gasteiger partial charge in [0.15, 0.2) is 0 Å². The van der Waals surface area contributed by atoms with E-state index in [1.807, 2.05) is 10.8 Å². The van der Waals surface area contributed by atoms with Crippen LogP contribution in [0, 0.1) is 0 Å². The Kier molecular flexibility index (Phi) is 15.6. The zero-order chi connectivity index (χ0) is 23.0. The largest absolute Gasteiger partial charge is 0.492 e. The van der Waals surface area contributed by atoms with Gasteiger partial charge in [0.25, 0.3) is 0 Å². The Morgan fingerprint density at radius 3 is 2.10 bits per heavy atom. The van der Waals surface area contributed by atoms with E-state index in [9.17, 15) is 10.2 Å². The van der Waals surface area contributed by atoms with Gasteiger partial charge in [-0.1, -0.05) is 21.6 Å². The molecule has 2 N–H and O–H groups in total. The molecule has 31 heavy (non-hydrogen) atoms. The first-order chi connectivity index (χ1) is 14.9. The van der Waals surface area contributed by atoms with Crippen molar-refractivity contribution in [1.82, 2.24) is 9.88 Å². The summed E-state index contributed by atoms with van der Waals surface area (Å²) in [4.78, 5) is 6.46. The van der Waals surface area contributed by atoms with Crippen LogP contribution in [0.4, 0.5) is 0 Å². The third kappa shape index (κ3) is 13.5. The Morgan fingerprint density at radius 1 is 0.935 bits per heavy atom. The molecule has 180 valence electrons. The molecule has 1 aromatic heterocycles. The number of pyridine rings is 1. The van der Waals surface area contributed by atoms with E-state index in [2.05, 4.69) is 30.0 Å². The second-order valence-corrected chi connectivity index (χ2v) is 10.6. The molecule has 10 heteroatoms. The highest BCUT2D eigenvalue weighted by Crippen LogP contribution is 2.34. The van der Waals surface area contributed by atoms with E-state index in [0.29, 0.717) is 56.8 Å². The third-order valence-corrected chi connectivity index (χ3v) is 6.77. The molecule has 0 aliphatic rings. The van der Waals surface area contributed by atoms with Crippen molar-refractivity contribution in [2.45, 2.75) is 31.8 Å². The van der Waals surface area contributed by atoms with Gasteiger partial charge in [-0.15, -0.1) is 0 Å². The second-order valence-electron chi connectivity index (χ2n) is 7.45. The molecule has 0 atom stereocenters. The molecule has 1 rings (SSSR count). The number of aliphatic hydroxyl groups is 2. The van der Waals surface area contributed by atoms with Crippen molar-refractivity contribution in [3.8, 4) is 5.75 Å². The first-order valence-corrected chi connectivity index (χ1v) is 12.9. The van der Waals surface area contributed by atoms with Crippen LogP contribution < -0.4 is 4.74 Å². The highest BCUT2D eigenvalue weighted by Gasteiger charge is 2.22. The summed E-state index contributed by atoms with van der Waals surface area (Å²) in [6.07, 6.45) is 2.09. The van der Waals surface area contributed by atoms with Gasteiger partial charge in [-0.25, -0.2) is 0 Å². The minimum atomic E-state index is -0.192. The predicted molar refractivity (Wildman–Crippen MR) is 127 cm³/mol. The van der Waals surface area contributed by atoms with Crippen LogP contribution in [0.5, 0.6) is 5.75 Å². The van der Waals surface area contributed by atoms with E-state index in [-0.39, 0.29) is 18.0 Å². The lowest BCUT2D eigenvalue weighted by Gasteiger charge is -2.31. The van der Waals surface area contributed by atoms with Crippen LogP contribution in [-0.2, 0) is 27.4 Å². The van der Waals surface area contributed by atoms with Crippen LogP contribution in [0.25, 0.3) is 0 Å². The zero-order valence-corrected chi connectivity index (χ0v) is 20.8. The summed E-state index contributed by atoms with van der Waals surface area (Å²) in [5.74, 6) is 0.602. The second kappa shape index (κ2) is 17.0. The summed E-state index contributed by atoms with van der Waals surface area (Å²) in [6, 6.07) is 3.40. The zero-order valence-electron chi connectivity index (χ0n) is 19.2. The van der Waals surface area contributed by atoms with Gasteiger partial charge in [-0.2, -0.15) is 0 Å². The summed E-state index contributed by atoms with van der Waals surface area (Å²) in [5, 5.41) is 18.7. The van der Waals surface area contributed by atoms with Crippen molar-refractivity contribution in [2.75, 3.05) is 72.6 Å². The highest BCUT2D eigenvalue weighted by atomic mass is 33.1. The fourth-order valence-electron chi connectivity index (χ4n) is 2.88. The maximum absolute atomic E-state index is 9.33. The number of hydrogen-bond acceptors (Lipinski definition) is 10. The molecule has 0 bridgehead atoms. The number of methoxy groups -OCH3 is 1. The topological polar surface area (TPSA) is 93.5 Å². The molecule has 0 amide bonds. The summed E-state index contributed by atoms with van der Waals surface area (Å²) < 4.78 is 22.1. The molecule has 0 radical (unpaired) electrons. The van der Waals surface area contributed by atoms with Crippen molar-refractivity contribution in [3.63, 3.8) is 0 Å². The SMILES string of the molecule is COCCOCCOCCN(CCOc1cc(CO)nc(CO)c1)CC(C)(C)SSC. The Morgan fingerprint density at radius 2 is 1.52 bits per heavy atom. The van der Waals surface area contributed by atoms with Gasteiger partial charge >= 0.3 is 0 Å². The van der Waals surface area contributed by atoms with E-state index in [1.165, 1.54) is 0 Å². The van der Waals surface area contributed by atoms with Crippen molar-refractivity contribution in [1.29, 1.82) is 0 Å². The molecule has 0 fully saturated rings. The Balaban J connectivity index is 2.50. The number of aromatic nitrogens is 1. The molecular formula is C21H38N2O6S2. The number of aliphatic hydroxyl groups excluding tert-OH is 2. The minimum absolute atomic E-state index is 0.0907. The molecule has 1 heterocycles. The van der Waals surface area contributed by atoms with Crippen molar-refractivity contribution >= 4 is 21.6 Å². The average molecular weight is 479 g/mol. The molecular weight excluding hydrogens is 440 g/mol. The van der Waals surface area contributed by atoms with Crippen LogP contribution in [0.2, 0.25) is 0 Å². The average Bonchev–Trinajstić information content (AvgIpc) is 2.74.